The van der Waals surface area contributed by atoms with Gasteiger partial charge in [0.05, 0.1) is 18.8 Å². The number of hydrogen-bond acceptors (Lipinski definition) is 7. The Balaban J connectivity index is 1.19. The van der Waals surface area contributed by atoms with Crippen LogP contribution in [-0.2, 0) is 25.6 Å². The number of rotatable bonds is 3. The van der Waals surface area contributed by atoms with E-state index in [1.165, 1.54) is 16.7 Å². The lowest BCUT2D eigenvalue weighted by Crippen LogP contribution is -2.50. The Morgan fingerprint density at radius 3 is 2.61 bits per heavy atom. The van der Waals surface area contributed by atoms with E-state index in [1.807, 2.05) is 60.7 Å². The molecule has 0 bridgehead atoms. The van der Waals surface area contributed by atoms with Crippen LogP contribution in [0.1, 0.15) is 23.8 Å². The minimum Gasteiger partial charge on any atom is -0.444 e. The van der Waals surface area contributed by atoms with Crippen LogP contribution in [-0.4, -0.2) is 53.5 Å². The van der Waals surface area contributed by atoms with Crippen LogP contribution in [0.25, 0.3) is 0 Å². The van der Waals surface area contributed by atoms with E-state index < -0.39 is 12.4 Å². The van der Waals surface area contributed by atoms with Crippen LogP contribution < -0.4 is 0 Å². The van der Waals surface area contributed by atoms with Crippen LogP contribution in [0.5, 0.6) is 0 Å². The largest absolute Gasteiger partial charge is 0.444 e. The lowest BCUT2D eigenvalue weighted by Gasteiger charge is -2.42. The maximum absolute atomic E-state index is 12.5. The predicted octanol–water partition coefficient (Wildman–Crippen LogP) is 3.96. The highest BCUT2D eigenvalue weighted by molar-refractivity contribution is 8.14. The fourth-order valence-electron chi connectivity index (χ4n) is 3.86. The SMILES string of the molecule is CN(C(=O)OCc1ccccc1)C1=N[C@@H]2C[C@@H]3OC(c4ccccc4)OC[C@H]3O[C@@H]2S1. The van der Waals surface area contributed by atoms with Gasteiger partial charge >= 0.3 is 6.09 Å². The van der Waals surface area contributed by atoms with E-state index in [0.717, 1.165) is 17.5 Å². The molecule has 0 saturated carbocycles. The van der Waals surface area contributed by atoms with Crippen LogP contribution in [0.2, 0.25) is 0 Å². The molecule has 0 radical (unpaired) electrons. The lowest BCUT2D eigenvalue weighted by molar-refractivity contribution is -0.282. The Bertz CT molecular complexity index is 941. The van der Waals surface area contributed by atoms with E-state index in [0.29, 0.717) is 11.8 Å². The summed E-state index contributed by atoms with van der Waals surface area (Å²) >= 11 is 1.45. The third-order valence-electron chi connectivity index (χ3n) is 5.56. The molecule has 2 saturated heterocycles. The molecular weight excluding hydrogens is 416 g/mol. The van der Waals surface area contributed by atoms with E-state index in [9.17, 15) is 4.79 Å². The van der Waals surface area contributed by atoms with Gasteiger partial charge in [0.2, 0.25) is 0 Å². The van der Waals surface area contributed by atoms with Gasteiger partial charge in [-0.2, -0.15) is 0 Å². The number of benzene rings is 2. The summed E-state index contributed by atoms with van der Waals surface area (Å²) in [6, 6.07) is 19.4. The fraction of sp³-hybridized carbons (Fsp3) is 0.391. The second kappa shape index (κ2) is 9.00. The van der Waals surface area contributed by atoms with E-state index in [1.54, 1.807) is 7.05 Å². The number of amidine groups is 1. The first-order valence-corrected chi connectivity index (χ1v) is 11.2. The Morgan fingerprint density at radius 1 is 1.10 bits per heavy atom. The summed E-state index contributed by atoms with van der Waals surface area (Å²) < 4.78 is 23.7. The van der Waals surface area contributed by atoms with Crippen LogP contribution in [0, 0.1) is 0 Å². The second-order valence-corrected chi connectivity index (χ2v) is 8.79. The Hall–Kier alpha value is -2.39. The molecule has 3 heterocycles. The van der Waals surface area contributed by atoms with Crippen molar-refractivity contribution in [3.63, 3.8) is 0 Å². The first kappa shape index (κ1) is 20.5. The highest BCUT2D eigenvalue weighted by Gasteiger charge is 2.47. The zero-order valence-electron chi connectivity index (χ0n) is 17.1. The number of fused-ring (bicyclic) bond motifs is 2. The highest BCUT2D eigenvalue weighted by atomic mass is 32.2. The molecule has 7 nitrogen and oxygen atoms in total. The molecule has 0 aliphatic carbocycles. The smallest absolute Gasteiger partial charge is 0.415 e. The monoisotopic (exact) mass is 440 g/mol. The minimum absolute atomic E-state index is 0.0693. The fourth-order valence-corrected chi connectivity index (χ4v) is 5.03. The van der Waals surface area contributed by atoms with Gasteiger partial charge in [-0.05, 0) is 5.56 Å². The van der Waals surface area contributed by atoms with Crippen LogP contribution in [0.15, 0.2) is 65.7 Å². The van der Waals surface area contributed by atoms with Crippen molar-refractivity contribution in [3.8, 4) is 0 Å². The summed E-state index contributed by atoms with van der Waals surface area (Å²) in [4.78, 5) is 18.7. The van der Waals surface area contributed by atoms with E-state index in [4.69, 9.17) is 23.9 Å². The molecular formula is C23H24N2O5S. The molecule has 5 atom stereocenters. The maximum Gasteiger partial charge on any atom is 0.415 e. The van der Waals surface area contributed by atoms with Crippen molar-refractivity contribution in [2.45, 2.75) is 43.0 Å². The van der Waals surface area contributed by atoms with Crippen molar-refractivity contribution < 1.29 is 23.7 Å². The van der Waals surface area contributed by atoms with Crippen molar-refractivity contribution in [2.75, 3.05) is 13.7 Å². The number of aliphatic imine (C=N–C) groups is 1. The van der Waals surface area contributed by atoms with E-state index >= 15 is 0 Å². The Morgan fingerprint density at radius 2 is 1.84 bits per heavy atom. The summed E-state index contributed by atoms with van der Waals surface area (Å²) in [5.74, 6) is 0. The summed E-state index contributed by atoms with van der Waals surface area (Å²) in [5, 5.41) is 0.604. The van der Waals surface area contributed by atoms with Gasteiger partial charge in [0.1, 0.15) is 18.1 Å². The lowest BCUT2D eigenvalue weighted by atomic mass is 10.0. The topological polar surface area (TPSA) is 69.6 Å². The van der Waals surface area contributed by atoms with Gasteiger partial charge in [0.25, 0.3) is 0 Å². The molecule has 162 valence electrons. The van der Waals surface area contributed by atoms with Gasteiger partial charge in [0, 0.05) is 19.0 Å². The second-order valence-electron chi connectivity index (χ2n) is 7.73. The maximum atomic E-state index is 12.5. The zero-order valence-corrected chi connectivity index (χ0v) is 17.9. The minimum atomic E-state index is -0.435. The average molecular weight is 441 g/mol. The van der Waals surface area contributed by atoms with E-state index in [2.05, 4.69) is 0 Å². The number of thioether (sulfide) groups is 1. The molecule has 0 aromatic heterocycles. The zero-order chi connectivity index (χ0) is 21.2. The molecule has 8 heteroatoms. The van der Waals surface area contributed by atoms with Gasteiger partial charge in [-0.25, -0.2) is 4.79 Å². The van der Waals surface area contributed by atoms with E-state index in [-0.39, 0.29) is 30.3 Å². The molecule has 2 fully saturated rings. The van der Waals surface area contributed by atoms with Crippen molar-refractivity contribution in [1.82, 2.24) is 4.90 Å². The Labute approximate surface area is 185 Å². The number of hydrogen-bond donors (Lipinski definition) is 0. The van der Waals surface area contributed by atoms with Crippen LogP contribution in [0.3, 0.4) is 0 Å². The van der Waals surface area contributed by atoms with Crippen molar-refractivity contribution in [1.29, 1.82) is 0 Å². The number of nitrogens with zero attached hydrogens (tertiary/aromatic N) is 2. The third-order valence-corrected chi connectivity index (χ3v) is 6.80. The van der Waals surface area contributed by atoms with Crippen LogP contribution >= 0.6 is 11.8 Å². The van der Waals surface area contributed by atoms with Crippen molar-refractivity contribution in [2.24, 2.45) is 4.99 Å². The molecule has 2 aromatic rings. The first-order valence-electron chi connectivity index (χ1n) is 10.3. The Kier molecular flexibility index (Phi) is 5.95. The molecule has 0 spiro atoms. The van der Waals surface area contributed by atoms with Gasteiger partial charge in [-0.15, -0.1) is 0 Å². The molecule has 3 aliphatic heterocycles. The highest BCUT2D eigenvalue weighted by Crippen LogP contribution is 2.41. The summed E-state index contributed by atoms with van der Waals surface area (Å²) in [6.45, 7) is 0.694. The average Bonchev–Trinajstić information content (AvgIpc) is 3.24. The first-order chi connectivity index (χ1) is 15.2. The predicted molar refractivity (Wildman–Crippen MR) is 116 cm³/mol. The number of carbonyl (C=O) groups excluding carboxylic acids is 1. The summed E-state index contributed by atoms with van der Waals surface area (Å²) in [5.41, 5.74) is 1.78. The van der Waals surface area contributed by atoms with Gasteiger partial charge < -0.3 is 18.9 Å². The standard InChI is InChI=1S/C23H24N2O5S/c1-25(23(26)28-13-15-8-4-2-5-9-15)22-24-17-12-18-19(30-21(17)31-22)14-27-20(29-18)16-10-6-3-7-11-16/h2-11,17-21H,12-14H2,1H3/t17-,18+,19-,20?,21-/m1/s1. The third kappa shape index (κ3) is 4.48. The molecule has 2 aromatic carbocycles. The summed E-state index contributed by atoms with van der Waals surface area (Å²) in [6.07, 6.45) is -0.339. The molecule has 0 N–H and O–H groups in total. The molecule has 3 aliphatic rings. The van der Waals surface area contributed by atoms with Gasteiger partial charge in [-0.3, -0.25) is 9.89 Å². The molecule has 1 amide bonds. The molecule has 1 unspecified atom stereocenters. The van der Waals surface area contributed by atoms with Crippen molar-refractivity contribution in [3.05, 3.63) is 71.8 Å². The summed E-state index contributed by atoms with van der Waals surface area (Å²) in [7, 11) is 1.68. The number of amides is 1. The van der Waals surface area contributed by atoms with Gasteiger partial charge in [-0.1, -0.05) is 72.4 Å². The quantitative estimate of drug-likeness (QED) is 0.720. The van der Waals surface area contributed by atoms with Gasteiger partial charge in [0.15, 0.2) is 11.5 Å². The van der Waals surface area contributed by atoms with Crippen LogP contribution in [0.4, 0.5) is 4.79 Å². The van der Waals surface area contributed by atoms with Crippen molar-refractivity contribution >= 4 is 23.0 Å². The molecule has 5 rings (SSSR count). The normalized spacial score (nSPS) is 29.5. The molecule has 31 heavy (non-hydrogen) atoms. The number of carbonyl (C=O) groups is 1. The number of ether oxygens (including phenoxy) is 4.